The molecule has 0 radical (unpaired) electrons. The van der Waals surface area contributed by atoms with Gasteiger partial charge in [-0.1, -0.05) is 11.8 Å². The van der Waals surface area contributed by atoms with Crippen molar-refractivity contribution >= 4 is 15.9 Å². The molecular formula is C13H17N3O4S. The van der Waals surface area contributed by atoms with E-state index in [1.54, 1.807) is 0 Å². The molecule has 4 N–H and O–H groups in total. The molecule has 0 saturated heterocycles. The van der Waals surface area contributed by atoms with Crippen LogP contribution in [-0.2, 0) is 14.8 Å². The number of primary amides is 1. The van der Waals surface area contributed by atoms with Crippen molar-refractivity contribution in [1.82, 2.24) is 9.71 Å². The molecule has 1 heterocycles. The lowest BCUT2D eigenvalue weighted by atomic mass is 10.2. The number of pyridine rings is 1. The average Bonchev–Trinajstić information content (AvgIpc) is 2.44. The van der Waals surface area contributed by atoms with Gasteiger partial charge in [-0.15, -0.1) is 0 Å². The molecule has 114 valence electrons. The highest BCUT2D eigenvalue weighted by atomic mass is 32.2. The van der Waals surface area contributed by atoms with Crippen molar-refractivity contribution in [3.63, 3.8) is 0 Å². The minimum Gasteiger partial charge on any atom is -0.384 e. The molecule has 7 nitrogen and oxygen atoms in total. The van der Waals surface area contributed by atoms with E-state index in [1.807, 2.05) is 0 Å². The average molecular weight is 311 g/mol. The molecule has 8 heteroatoms. The van der Waals surface area contributed by atoms with E-state index in [0.717, 1.165) is 0 Å². The van der Waals surface area contributed by atoms with Gasteiger partial charge < -0.3 is 10.8 Å². The fourth-order valence-corrected chi connectivity index (χ4v) is 2.55. The molecule has 21 heavy (non-hydrogen) atoms. The van der Waals surface area contributed by atoms with Crippen LogP contribution in [0.5, 0.6) is 0 Å². The van der Waals surface area contributed by atoms with Crippen LogP contribution < -0.4 is 10.5 Å². The Labute approximate surface area is 123 Å². The molecule has 0 spiro atoms. The van der Waals surface area contributed by atoms with Gasteiger partial charge in [0.2, 0.25) is 15.9 Å². The second kappa shape index (κ2) is 8.36. The first-order valence-electron chi connectivity index (χ1n) is 6.28. The van der Waals surface area contributed by atoms with Crippen LogP contribution in [0.15, 0.2) is 23.4 Å². The number of aromatic nitrogens is 1. The first-order chi connectivity index (χ1) is 9.95. The summed E-state index contributed by atoms with van der Waals surface area (Å²) >= 11 is 0. The molecule has 1 rings (SSSR count). The number of aliphatic hydroxyl groups excluding tert-OH is 1. The number of carbonyl (C=O) groups excluding carboxylic acids is 1. The summed E-state index contributed by atoms with van der Waals surface area (Å²) in [4.78, 5) is 14.4. The first-order valence-corrected chi connectivity index (χ1v) is 7.77. The summed E-state index contributed by atoms with van der Waals surface area (Å²) in [6, 6.07) is 1.38. The maximum atomic E-state index is 12.0. The predicted molar refractivity (Wildman–Crippen MR) is 76.4 cm³/mol. The quantitative estimate of drug-likeness (QED) is 0.456. The summed E-state index contributed by atoms with van der Waals surface area (Å²) in [6.45, 7) is -0.1000. The van der Waals surface area contributed by atoms with Crippen LogP contribution in [-0.4, -0.2) is 37.6 Å². The van der Waals surface area contributed by atoms with Gasteiger partial charge in [0.1, 0.15) is 11.5 Å². The van der Waals surface area contributed by atoms with Gasteiger partial charge in [0.25, 0.3) is 0 Å². The third-order valence-corrected chi connectivity index (χ3v) is 3.91. The highest BCUT2D eigenvalue weighted by molar-refractivity contribution is 7.89. The van der Waals surface area contributed by atoms with Gasteiger partial charge in [0, 0.05) is 30.9 Å². The lowest BCUT2D eigenvalue weighted by Crippen LogP contribution is -2.25. The van der Waals surface area contributed by atoms with Crippen molar-refractivity contribution in [1.29, 1.82) is 0 Å². The Morgan fingerprint density at radius 2 is 2.14 bits per heavy atom. The zero-order valence-electron chi connectivity index (χ0n) is 11.4. The SMILES string of the molecule is NC(=O)CCCCNS(=O)(=O)c1cncc(C#CCO)c1. The van der Waals surface area contributed by atoms with Gasteiger partial charge >= 0.3 is 0 Å². The van der Waals surface area contributed by atoms with Gasteiger partial charge in [-0.05, 0) is 18.9 Å². The van der Waals surface area contributed by atoms with Gasteiger partial charge in [0.05, 0.1) is 0 Å². The monoisotopic (exact) mass is 311 g/mol. The number of nitrogens with one attached hydrogen (secondary N) is 1. The van der Waals surface area contributed by atoms with E-state index in [2.05, 4.69) is 21.5 Å². The van der Waals surface area contributed by atoms with Crippen LogP contribution in [0.25, 0.3) is 0 Å². The normalized spacial score (nSPS) is 10.7. The fraction of sp³-hybridized carbons (Fsp3) is 0.385. The summed E-state index contributed by atoms with van der Waals surface area (Å²) in [5.74, 6) is 4.60. The van der Waals surface area contributed by atoms with Crippen LogP contribution in [0.2, 0.25) is 0 Å². The minimum absolute atomic E-state index is 0.00198. The molecule has 0 atom stereocenters. The Morgan fingerprint density at radius 3 is 2.81 bits per heavy atom. The van der Waals surface area contributed by atoms with Gasteiger partial charge in [-0.25, -0.2) is 13.1 Å². The van der Waals surface area contributed by atoms with Crippen molar-refractivity contribution in [2.24, 2.45) is 5.73 Å². The Bertz CT molecular complexity index is 647. The van der Waals surface area contributed by atoms with Crippen molar-refractivity contribution in [2.75, 3.05) is 13.2 Å². The zero-order valence-corrected chi connectivity index (χ0v) is 12.2. The van der Waals surface area contributed by atoms with Gasteiger partial charge in [-0.2, -0.15) is 0 Å². The second-order valence-corrected chi connectivity index (χ2v) is 5.96. The summed E-state index contributed by atoms with van der Waals surface area (Å²) in [7, 11) is -3.67. The third-order valence-electron chi connectivity index (χ3n) is 2.48. The van der Waals surface area contributed by atoms with E-state index in [0.29, 0.717) is 18.4 Å². The van der Waals surface area contributed by atoms with Crippen LogP contribution >= 0.6 is 0 Å². The van der Waals surface area contributed by atoms with Crippen molar-refractivity contribution in [3.8, 4) is 11.8 Å². The number of amides is 1. The number of carbonyl (C=O) groups is 1. The standard InChI is InChI=1S/C13H17N3O4S/c14-13(18)5-1-2-6-16-21(19,20)12-8-11(4-3-7-17)9-15-10-12/h8-10,16-17H,1-2,5-7H2,(H2,14,18). The molecule has 0 aliphatic rings. The fourth-order valence-electron chi connectivity index (χ4n) is 1.49. The van der Waals surface area contributed by atoms with Gasteiger partial charge in [-0.3, -0.25) is 9.78 Å². The second-order valence-electron chi connectivity index (χ2n) is 4.19. The smallest absolute Gasteiger partial charge is 0.242 e. The number of sulfonamides is 1. The Kier molecular flexibility index (Phi) is 6.81. The van der Waals surface area contributed by atoms with Crippen molar-refractivity contribution in [2.45, 2.75) is 24.2 Å². The highest BCUT2D eigenvalue weighted by Gasteiger charge is 2.14. The third kappa shape index (κ3) is 6.35. The van der Waals surface area contributed by atoms with Crippen LogP contribution in [0, 0.1) is 11.8 Å². The van der Waals surface area contributed by atoms with Crippen molar-refractivity contribution < 1.29 is 18.3 Å². The number of rotatable bonds is 7. The number of nitrogens with two attached hydrogens (primary N) is 1. The number of nitrogens with zero attached hydrogens (tertiary/aromatic N) is 1. The Balaban J connectivity index is 2.63. The molecule has 1 aromatic heterocycles. The lowest BCUT2D eigenvalue weighted by Gasteiger charge is -2.06. The molecule has 0 aliphatic heterocycles. The molecule has 0 aromatic carbocycles. The molecular weight excluding hydrogens is 294 g/mol. The molecule has 0 bridgehead atoms. The lowest BCUT2D eigenvalue weighted by molar-refractivity contribution is -0.118. The van der Waals surface area contributed by atoms with E-state index >= 15 is 0 Å². The molecule has 0 saturated carbocycles. The maximum Gasteiger partial charge on any atom is 0.242 e. The topological polar surface area (TPSA) is 122 Å². The summed E-state index contributed by atoms with van der Waals surface area (Å²) < 4.78 is 26.4. The number of hydrogen-bond acceptors (Lipinski definition) is 5. The van der Waals surface area contributed by atoms with E-state index in [9.17, 15) is 13.2 Å². The molecule has 1 aromatic rings. The van der Waals surface area contributed by atoms with Gasteiger partial charge in [0.15, 0.2) is 0 Å². The molecule has 1 amide bonds. The largest absolute Gasteiger partial charge is 0.384 e. The summed E-state index contributed by atoms with van der Waals surface area (Å²) in [5, 5.41) is 8.60. The summed E-state index contributed by atoms with van der Waals surface area (Å²) in [6.07, 6.45) is 3.90. The highest BCUT2D eigenvalue weighted by Crippen LogP contribution is 2.09. The summed E-state index contributed by atoms with van der Waals surface area (Å²) in [5.41, 5.74) is 5.39. The predicted octanol–water partition coefficient (Wildman–Crippen LogP) is -0.641. The van der Waals surface area contributed by atoms with Crippen LogP contribution in [0.1, 0.15) is 24.8 Å². The van der Waals surface area contributed by atoms with E-state index in [-0.39, 0.29) is 24.5 Å². The zero-order chi connectivity index (χ0) is 15.7. The van der Waals surface area contributed by atoms with E-state index < -0.39 is 15.9 Å². The van der Waals surface area contributed by atoms with Crippen LogP contribution in [0.3, 0.4) is 0 Å². The van der Waals surface area contributed by atoms with E-state index in [1.165, 1.54) is 18.5 Å². The Hall–Kier alpha value is -1.95. The number of unbranched alkanes of at least 4 members (excludes halogenated alkanes) is 1. The maximum absolute atomic E-state index is 12.0. The van der Waals surface area contributed by atoms with Crippen LogP contribution in [0.4, 0.5) is 0 Å². The number of aliphatic hydroxyl groups is 1. The minimum atomic E-state index is -3.67. The Morgan fingerprint density at radius 1 is 1.38 bits per heavy atom. The van der Waals surface area contributed by atoms with E-state index in [4.69, 9.17) is 10.8 Å². The van der Waals surface area contributed by atoms with Crippen molar-refractivity contribution in [3.05, 3.63) is 24.0 Å². The molecule has 0 fully saturated rings. The molecule has 0 aliphatic carbocycles. The molecule has 0 unspecified atom stereocenters. The number of hydrogen-bond donors (Lipinski definition) is 3. The first kappa shape index (κ1) is 17.1.